The first-order valence-corrected chi connectivity index (χ1v) is 5.97. The van der Waals surface area contributed by atoms with E-state index in [-0.39, 0.29) is 6.10 Å². The molecular formula is C10H13Br2NO. The highest BCUT2D eigenvalue weighted by Crippen LogP contribution is 2.35. The molecule has 1 aromatic carbocycles. The second-order valence-corrected chi connectivity index (χ2v) is 4.97. The molecule has 0 heterocycles. The van der Waals surface area contributed by atoms with Gasteiger partial charge in [-0.05, 0) is 63.4 Å². The van der Waals surface area contributed by atoms with Crippen LogP contribution in [0.2, 0.25) is 0 Å². The Morgan fingerprint density at radius 1 is 1.29 bits per heavy atom. The summed E-state index contributed by atoms with van der Waals surface area (Å²) >= 11 is 6.91. The number of nitrogens with two attached hydrogens (primary N) is 1. The normalized spacial score (nSPS) is 10.7. The third-order valence-electron chi connectivity index (χ3n) is 1.65. The zero-order chi connectivity index (χ0) is 10.7. The second-order valence-electron chi connectivity index (χ2n) is 3.26. The molecule has 0 spiro atoms. The van der Waals surface area contributed by atoms with E-state index in [0.717, 1.165) is 20.3 Å². The summed E-state index contributed by atoms with van der Waals surface area (Å²) in [6.07, 6.45) is 0.159. The van der Waals surface area contributed by atoms with Crippen LogP contribution in [0.15, 0.2) is 21.1 Å². The van der Waals surface area contributed by atoms with Crippen LogP contribution in [-0.2, 0) is 6.54 Å². The minimum absolute atomic E-state index is 0.159. The van der Waals surface area contributed by atoms with Crippen LogP contribution in [0, 0.1) is 0 Å². The molecule has 4 heteroatoms. The van der Waals surface area contributed by atoms with Gasteiger partial charge in [0.2, 0.25) is 0 Å². The largest absolute Gasteiger partial charge is 0.489 e. The topological polar surface area (TPSA) is 35.2 Å². The van der Waals surface area contributed by atoms with E-state index in [9.17, 15) is 0 Å². The van der Waals surface area contributed by atoms with Crippen molar-refractivity contribution in [1.82, 2.24) is 0 Å². The van der Waals surface area contributed by atoms with Gasteiger partial charge in [-0.3, -0.25) is 0 Å². The molecule has 0 aliphatic carbocycles. The molecule has 0 fully saturated rings. The number of ether oxygens (including phenoxy) is 1. The van der Waals surface area contributed by atoms with Gasteiger partial charge in [-0.25, -0.2) is 0 Å². The van der Waals surface area contributed by atoms with E-state index in [4.69, 9.17) is 10.5 Å². The summed E-state index contributed by atoms with van der Waals surface area (Å²) < 4.78 is 7.50. The van der Waals surface area contributed by atoms with E-state index in [2.05, 4.69) is 31.9 Å². The molecule has 0 unspecified atom stereocenters. The highest BCUT2D eigenvalue weighted by Gasteiger charge is 2.09. The minimum Gasteiger partial charge on any atom is -0.489 e. The fraction of sp³-hybridized carbons (Fsp3) is 0.400. The van der Waals surface area contributed by atoms with Crippen molar-refractivity contribution < 1.29 is 4.74 Å². The third kappa shape index (κ3) is 2.97. The molecule has 0 saturated carbocycles. The summed E-state index contributed by atoms with van der Waals surface area (Å²) in [5.41, 5.74) is 6.63. The van der Waals surface area contributed by atoms with Crippen molar-refractivity contribution in [3.8, 4) is 5.75 Å². The van der Waals surface area contributed by atoms with E-state index in [1.807, 2.05) is 26.0 Å². The summed E-state index contributed by atoms with van der Waals surface area (Å²) in [4.78, 5) is 0. The monoisotopic (exact) mass is 321 g/mol. The van der Waals surface area contributed by atoms with Crippen LogP contribution in [0.4, 0.5) is 0 Å². The van der Waals surface area contributed by atoms with Crippen molar-refractivity contribution in [3.63, 3.8) is 0 Å². The van der Waals surface area contributed by atoms with Gasteiger partial charge in [0.25, 0.3) is 0 Å². The van der Waals surface area contributed by atoms with Gasteiger partial charge in [-0.15, -0.1) is 0 Å². The molecule has 1 aromatic rings. The summed E-state index contributed by atoms with van der Waals surface area (Å²) in [5, 5.41) is 0. The van der Waals surface area contributed by atoms with Gasteiger partial charge in [-0.2, -0.15) is 0 Å². The number of benzene rings is 1. The van der Waals surface area contributed by atoms with Gasteiger partial charge in [0.1, 0.15) is 5.75 Å². The van der Waals surface area contributed by atoms with E-state index >= 15 is 0 Å². The summed E-state index contributed by atoms with van der Waals surface area (Å²) in [7, 11) is 0. The molecule has 0 aliphatic rings. The Morgan fingerprint density at radius 2 is 1.79 bits per heavy atom. The van der Waals surface area contributed by atoms with Gasteiger partial charge in [0.05, 0.1) is 15.0 Å². The SMILES string of the molecule is CC(C)Oc1c(Br)cc(CN)cc1Br. The van der Waals surface area contributed by atoms with Gasteiger partial charge in [0, 0.05) is 6.54 Å². The molecule has 78 valence electrons. The van der Waals surface area contributed by atoms with Gasteiger partial charge in [0.15, 0.2) is 0 Å². The molecule has 0 aliphatic heterocycles. The second kappa shape index (κ2) is 5.14. The van der Waals surface area contributed by atoms with Crippen LogP contribution in [0.5, 0.6) is 5.75 Å². The summed E-state index contributed by atoms with van der Waals surface area (Å²) in [5.74, 6) is 0.831. The van der Waals surface area contributed by atoms with Crippen LogP contribution in [-0.4, -0.2) is 6.10 Å². The maximum atomic E-state index is 5.64. The number of rotatable bonds is 3. The van der Waals surface area contributed by atoms with Crippen molar-refractivity contribution in [2.75, 3.05) is 0 Å². The molecule has 0 radical (unpaired) electrons. The van der Waals surface area contributed by atoms with Crippen LogP contribution < -0.4 is 10.5 Å². The van der Waals surface area contributed by atoms with Crippen molar-refractivity contribution in [2.45, 2.75) is 26.5 Å². The van der Waals surface area contributed by atoms with Crippen molar-refractivity contribution >= 4 is 31.9 Å². The zero-order valence-electron chi connectivity index (χ0n) is 8.18. The van der Waals surface area contributed by atoms with Crippen LogP contribution in [0.25, 0.3) is 0 Å². The van der Waals surface area contributed by atoms with Gasteiger partial charge in [-0.1, -0.05) is 0 Å². The Balaban J connectivity index is 3.05. The summed E-state index contributed by atoms with van der Waals surface area (Å²) in [6.45, 7) is 4.52. The Morgan fingerprint density at radius 3 is 2.14 bits per heavy atom. The lowest BCUT2D eigenvalue weighted by molar-refractivity contribution is 0.239. The number of halogens is 2. The predicted octanol–water partition coefficient (Wildman–Crippen LogP) is 3.46. The average Bonchev–Trinajstić information content (AvgIpc) is 2.10. The van der Waals surface area contributed by atoms with Crippen LogP contribution in [0.3, 0.4) is 0 Å². The molecule has 0 amide bonds. The zero-order valence-corrected chi connectivity index (χ0v) is 11.4. The maximum Gasteiger partial charge on any atom is 0.148 e. The molecule has 2 nitrogen and oxygen atoms in total. The molecule has 0 aromatic heterocycles. The first-order valence-electron chi connectivity index (χ1n) is 4.39. The molecule has 0 bridgehead atoms. The van der Waals surface area contributed by atoms with E-state index in [1.54, 1.807) is 0 Å². The first kappa shape index (κ1) is 12.0. The lowest BCUT2D eigenvalue weighted by Gasteiger charge is -2.14. The van der Waals surface area contributed by atoms with Crippen molar-refractivity contribution in [2.24, 2.45) is 5.73 Å². The van der Waals surface area contributed by atoms with Crippen LogP contribution >= 0.6 is 31.9 Å². The number of hydrogen-bond donors (Lipinski definition) is 1. The molecule has 14 heavy (non-hydrogen) atoms. The fourth-order valence-electron chi connectivity index (χ4n) is 1.08. The Bertz CT molecular complexity index is 303. The van der Waals surface area contributed by atoms with E-state index in [0.29, 0.717) is 6.54 Å². The molecule has 0 saturated heterocycles. The van der Waals surface area contributed by atoms with E-state index in [1.165, 1.54) is 0 Å². The Labute approximate surface area is 101 Å². The minimum atomic E-state index is 0.159. The Hall–Kier alpha value is -0.0600. The van der Waals surface area contributed by atoms with Crippen LogP contribution in [0.1, 0.15) is 19.4 Å². The maximum absolute atomic E-state index is 5.64. The van der Waals surface area contributed by atoms with Crippen molar-refractivity contribution in [3.05, 3.63) is 26.6 Å². The lowest BCUT2D eigenvalue weighted by atomic mass is 10.2. The standard InChI is InChI=1S/C10H13Br2NO/c1-6(2)14-10-8(11)3-7(5-13)4-9(10)12/h3-4,6H,5,13H2,1-2H3. The number of hydrogen-bond acceptors (Lipinski definition) is 2. The van der Waals surface area contributed by atoms with E-state index < -0.39 is 0 Å². The average molecular weight is 323 g/mol. The molecule has 2 N–H and O–H groups in total. The fourth-order valence-corrected chi connectivity index (χ4v) is 2.55. The Kier molecular flexibility index (Phi) is 4.41. The third-order valence-corrected chi connectivity index (χ3v) is 2.83. The van der Waals surface area contributed by atoms with Gasteiger partial charge >= 0.3 is 0 Å². The van der Waals surface area contributed by atoms with Crippen molar-refractivity contribution in [1.29, 1.82) is 0 Å². The highest BCUT2D eigenvalue weighted by atomic mass is 79.9. The summed E-state index contributed by atoms with van der Waals surface area (Å²) in [6, 6.07) is 3.95. The highest BCUT2D eigenvalue weighted by molar-refractivity contribution is 9.11. The lowest BCUT2D eigenvalue weighted by Crippen LogP contribution is -2.07. The molecule has 1 rings (SSSR count). The molecule has 0 atom stereocenters. The van der Waals surface area contributed by atoms with Gasteiger partial charge < -0.3 is 10.5 Å². The quantitative estimate of drug-likeness (QED) is 0.925. The predicted molar refractivity (Wildman–Crippen MR) is 65.5 cm³/mol. The molecular weight excluding hydrogens is 310 g/mol. The smallest absolute Gasteiger partial charge is 0.148 e. The first-order chi connectivity index (χ1) is 6.54.